The number of benzene rings is 1. The van der Waals surface area contributed by atoms with Gasteiger partial charge in [-0.25, -0.2) is 14.4 Å². The fourth-order valence-electron chi connectivity index (χ4n) is 1.68. The zero-order chi connectivity index (χ0) is 13.7. The fourth-order valence-corrected chi connectivity index (χ4v) is 1.68. The van der Waals surface area contributed by atoms with Crippen LogP contribution in [0.4, 0.5) is 4.39 Å². The normalized spacial score (nSPS) is 12.4. The maximum atomic E-state index is 12.7. The molecule has 2 aromatic rings. The first-order valence-corrected chi connectivity index (χ1v) is 6.18. The van der Waals surface area contributed by atoms with Gasteiger partial charge in [-0.2, -0.15) is 0 Å². The van der Waals surface area contributed by atoms with Crippen molar-refractivity contribution in [3.8, 4) is 11.4 Å². The van der Waals surface area contributed by atoms with Gasteiger partial charge in [0.1, 0.15) is 0 Å². The lowest BCUT2D eigenvalue weighted by atomic mass is 10.1. The molecule has 0 aliphatic heterocycles. The first kappa shape index (κ1) is 13.6. The van der Waals surface area contributed by atoms with E-state index in [9.17, 15) is 4.39 Å². The summed E-state index contributed by atoms with van der Waals surface area (Å²) in [5.74, 6) is 0.0944. The number of halogens is 1. The second-order valence-corrected chi connectivity index (χ2v) is 4.53. The van der Waals surface area contributed by atoms with Gasteiger partial charge >= 0.3 is 0 Å². The SMILES string of the molecule is C[C@H](N)CNCc1ccc(-c2ncc(F)cn2)cc1. The van der Waals surface area contributed by atoms with E-state index in [-0.39, 0.29) is 6.04 Å². The van der Waals surface area contributed by atoms with E-state index in [2.05, 4.69) is 15.3 Å². The third-order valence-electron chi connectivity index (χ3n) is 2.63. The summed E-state index contributed by atoms with van der Waals surface area (Å²) >= 11 is 0. The number of nitrogens with zero attached hydrogens (tertiary/aromatic N) is 2. The molecule has 19 heavy (non-hydrogen) atoms. The zero-order valence-corrected chi connectivity index (χ0v) is 10.8. The van der Waals surface area contributed by atoms with Gasteiger partial charge in [-0.1, -0.05) is 24.3 Å². The van der Waals surface area contributed by atoms with Crippen LogP contribution in [-0.2, 0) is 6.54 Å². The topological polar surface area (TPSA) is 63.8 Å². The number of hydrogen-bond donors (Lipinski definition) is 2. The van der Waals surface area contributed by atoms with E-state index in [0.29, 0.717) is 5.82 Å². The summed E-state index contributed by atoms with van der Waals surface area (Å²) in [7, 11) is 0. The van der Waals surface area contributed by atoms with Crippen LogP contribution in [-0.4, -0.2) is 22.6 Å². The van der Waals surface area contributed by atoms with E-state index in [1.807, 2.05) is 31.2 Å². The summed E-state index contributed by atoms with van der Waals surface area (Å²) in [4.78, 5) is 7.89. The van der Waals surface area contributed by atoms with Gasteiger partial charge in [0.05, 0.1) is 12.4 Å². The molecule has 0 saturated heterocycles. The molecule has 100 valence electrons. The Kier molecular flexibility index (Phi) is 4.54. The molecule has 0 aliphatic carbocycles. The Balaban J connectivity index is 2.00. The smallest absolute Gasteiger partial charge is 0.159 e. The second-order valence-electron chi connectivity index (χ2n) is 4.53. The van der Waals surface area contributed by atoms with Crippen LogP contribution in [0.15, 0.2) is 36.7 Å². The molecule has 0 spiro atoms. The molecule has 0 saturated carbocycles. The summed E-state index contributed by atoms with van der Waals surface area (Å²) in [5.41, 5.74) is 7.69. The highest BCUT2D eigenvalue weighted by atomic mass is 19.1. The Bertz CT molecular complexity index is 508. The summed E-state index contributed by atoms with van der Waals surface area (Å²) < 4.78 is 12.7. The summed E-state index contributed by atoms with van der Waals surface area (Å²) in [5, 5.41) is 3.26. The Hall–Kier alpha value is -1.85. The lowest BCUT2D eigenvalue weighted by Crippen LogP contribution is -2.30. The van der Waals surface area contributed by atoms with Gasteiger partial charge < -0.3 is 11.1 Å². The third kappa shape index (κ3) is 4.08. The molecule has 2 rings (SSSR count). The number of rotatable bonds is 5. The van der Waals surface area contributed by atoms with Gasteiger partial charge in [0.2, 0.25) is 0 Å². The van der Waals surface area contributed by atoms with Crippen molar-refractivity contribution in [3.05, 3.63) is 48.0 Å². The molecular formula is C14H17FN4. The molecule has 1 heterocycles. The van der Waals surface area contributed by atoms with Crippen molar-refractivity contribution in [2.24, 2.45) is 5.73 Å². The minimum absolute atomic E-state index is 0.145. The summed E-state index contributed by atoms with van der Waals surface area (Å²) in [6.45, 7) is 3.51. The fraction of sp³-hybridized carbons (Fsp3) is 0.286. The maximum absolute atomic E-state index is 12.7. The van der Waals surface area contributed by atoms with Crippen molar-refractivity contribution in [2.75, 3.05) is 6.54 Å². The van der Waals surface area contributed by atoms with E-state index < -0.39 is 5.82 Å². The molecule has 3 N–H and O–H groups in total. The Morgan fingerprint density at radius 1 is 1.21 bits per heavy atom. The van der Waals surface area contributed by atoms with Crippen LogP contribution in [0.3, 0.4) is 0 Å². The average Bonchev–Trinajstić information content (AvgIpc) is 2.40. The molecule has 1 aromatic heterocycles. The van der Waals surface area contributed by atoms with E-state index in [1.165, 1.54) is 12.4 Å². The lowest BCUT2D eigenvalue weighted by molar-refractivity contribution is 0.608. The Morgan fingerprint density at radius 3 is 2.42 bits per heavy atom. The minimum Gasteiger partial charge on any atom is -0.327 e. The molecule has 0 aliphatic rings. The van der Waals surface area contributed by atoms with Crippen molar-refractivity contribution in [1.29, 1.82) is 0 Å². The molecule has 4 nitrogen and oxygen atoms in total. The number of hydrogen-bond acceptors (Lipinski definition) is 4. The predicted octanol–water partition coefficient (Wildman–Crippen LogP) is 1.72. The van der Waals surface area contributed by atoms with Gasteiger partial charge in [0, 0.05) is 24.7 Å². The quantitative estimate of drug-likeness (QED) is 0.859. The van der Waals surface area contributed by atoms with Crippen LogP contribution < -0.4 is 11.1 Å². The Labute approximate surface area is 111 Å². The summed E-state index contributed by atoms with van der Waals surface area (Å²) in [6.07, 6.45) is 2.33. The molecule has 1 atom stereocenters. The summed E-state index contributed by atoms with van der Waals surface area (Å²) in [6, 6.07) is 7.99. The first-order valence-electron chi connectivity index (χ1n) is 6.18. The van der Waals surface area contributed by atoms with Gasteiger partial charge in [0.15, 0.2) is 11.6 Å². The lowest BCUT2D eigenvalue weighted by Gasteiger charge is -2.08. The van der Waals surface area contributed by atoms with Crippen molar-refractivity contribution in [2.45, 2.75) is 19.5 Å². The van der Waals surface area contributed by atoms with Gasteiger partial charge in [-0.3, -0.25) is 0 Å². The highest BCUT2D eigenvalue weighted by Crippen LogP contribution is 2.15. The average molecular weight is 260 g/mol. The maximum Gasteiger partial charge on any atom is 0.159 e. The van der Waals surface area contributed by atoms with Crippen molar-refractivity contribution in [1.82, 2.24) is 15.3 Å². The van der Waals surface area contributed by atoms with Gasteiger partial charge in [-0.05, 0) is 12.5 Å². The minimum atomic E-state index is -0.430. The van der Waals surface area contributed by atoms with Crippen LogP contribution in [0.1, 0.15) is 12.5 Å². The molecule has 0 radical (unpaired) electrons. The monoisotopic (exact) mass is 260 g/mol. The second kappa shape index (κ2) is 6.36. The van der Waals surface area contributed by atoms with E-state index in [0.717, 1.165) is 24.2 Å². The highest BCUT2D eigenvalue weighted by Gasteiger charge is 2.02. The predicted molar refractivity (Wildman–Crippen MR) is 72.8 cm³/mol. The molecule has 5 heteroatoms. The molecule has 1 aromatic carbocycles. The van der Waals surface area contributed by atoms with Crippen LogP contribution in [0, 0.1) is 5.82 Å². The standard InChI is InChI=1S/C14H17FN4/c1-10(16)6-17-7-11-2-4-12(5-3-11)14-18-8-13(15)9-19-14/h2-5,8-10,17H,6-7,16H2,1H3/t10-/m0/s1. The van der Waals surface area contributed by atoms with E-state index in [1.54, 1.807) is 0 Å². The zero-order valence-electron chi connectivity index (χ0n) is 10.8. The molecule has 0 unspecified atom stereocenters. The first-order chi connectivity index (χ1) is 9.15. The van der Waals surface area contributed by atoms with Crippen LogP contribution in [0.5, 0.6) is 0 Å². The molecule has 0 bridgehead atoms. The third-order valence-corrected chi connectivity index (χ3v) is 2.63. The number of nitrogens with two attached hydrogens (primary N) is 1. The number of nitrogens with one attached hydrogen (secondary N) is 1. The Morgan fingerprint density at radius 2 is 1.84 bits per heavy atom. The highest BCUT2D eigenvalue weighted by molar-refractivity contribution is 5.54. The van der Waals surface area contributed by atoms with Crippen molar-refractivity contribution < 1.29 is 4.39 Å². The number of aromatic nitrogens is 2. The van der Waals surface area contributed by atoms with E-state index >= 15 is 0 Å². The van der Waals surface area contributed by atoms with Crippen LogP contribution in [0.2, 0.25) is 0 Å². The molecule has 0 fully saturated rings. The van der Waals surface area contributed by atoms with Crippen molar-refractivity contribution >= 4 is 0 Å². The van der Waals surface area contributed by atoms with Gasteiger partial charge in [0.25, 0.3) is 0 Å². The largest absolute Gasteiger partial charge is 0.327 e. The molecule has 0 amide bonds. The van der Waals surface area contributed by atoms with Crippen molar-refractivity contribution in [3.63, 3.8) is 0 Å². The molecular weight excluding hydrogens is 243 g/mol. The van der Waals surface area contributed by atoms with E-state index in [4.69, 9.17) is 5.73 Å². The van der Waals surface area contributed by atoms with Crippen LogP contribution >= 0.6 is 0 Å². The van der Waals surface area contributed by atoms with Gasteiger partial charge in [-0.15, -0.1) is 0 Å². The van der Waals surface area contributed by atoms with Crippen LogP contribution in [0.25, 0.3) is 11.4 Å².